The van der Waals surface area contributed by atoms with Gasteiger partial charge >= 0.3 is 0 Å². The Labute approximate surface area is 99.9 Å². The predicted molar refractivity (Wildman–Crippen MR) is 64.8 cm³/mol. The van der Waals surface area contributed by atoms with E-state index in [4.69, 9.17) is 14.2 Å². The van der Waals surface area contributed by atoms with Crippen molar-refractivity contribution in [3.8, 4) is 17.2 Å². The van der Waals surface area contributed by atoms with Gasteiger partial charge in [-0.1, -0.05) is 0 Å². The zero-order chi connectivity index (χ0) is 12.0. The molecule has 0 atom stereocenters. The number of isothiocyanates is 1. The number of hydrogen-bond acceptors (Lipinski definition) is 5. The maximum absolute atomic E-state index is 5.28. The second kappa shape index (κ2) is 6.10. The van der Waals surface area contributed by atoms with Crippen LogP contribution >= 0.6 is 12.2 Å². The van der Waals surface area contributed by atoms with E-state index in [2.05, 4.69) is 22.4 Å². The van der Waals surface area contributed by atoms with Gasteiger partial charge in [0.15, 0.2) is 11.5 Å². The minimum Gasteiger partial charge on any atom is -0.493 e. The number of aliphatic imine (C=N–C) groups is 1. The first-order valence-electron chi connectivity index (χ1n) is 4.60. The van der Waals surface area contributed by atoms with Gasteiger partial charge in [-0.2, -0.15) is 0 Å². The number of thiocarbonyl (C=S) groups is 1. The fraction of sp³-hybridized carbons (Fsp3) is 0.364. The van der Waals surface area contributed by atoms with Gasteiger partial charge in [-0.15, -0.1) is 0 Å². The van der Waals surface area contributed by atoms with Crippen LogP contribution in [-0.2, 0) is 6.54 Å². The van der Waals surface area contributed by atoms with Crippen LogP contribution in [-0.4, -0.2) is 26.5 Å². The predicted octanol–water partition coefficient (Wildman–Crippen LogP) is 2.32. The van der Waals surface area contributed by atoms with Crippen molar-refractivity contribution in [3.05, 3.63) is 17.7 Å². The largest absolute Gasteiger partial charge is 0.493 e. The summed E-state index contributed by atoms with van der Waals surface area (Å²) in [5.74, 6) is 1.78. The third-order valence-corrected chi connectivity index (χ3v) is 2.23. The first-order chi connectivity index (χ1) is 7.78. The molecule has 0 fully saturated rings. The van der Waals surface area contributed by atoms with E-state index < -0.39 is 0 Å². The molecule has 0 saturated heterocycles. The summed E-state index contributed by atoms with van der Waals surface area (Å²) in [6.07, 6.45) is 0. The molecule has 0 N–H and O–H groups in total. The standard InChI is InChI=1S/C11H13NO3S/c1-13-9-5-4-8(6-12-7-16)10(14-2)11(9)15-3/h4-5H,6H2,1-3H3. The molecule has 1 rings (SSSR count). The van der Waals surface area contributed by atoms with E-state index in [1.165, 1.54) is 0 Å². The van der Waals surface area contributed by atoms with E-state index in [0.717, 1.165) is 5.56 Å². The molecule has 0 aromatic heterocycles. The van der Waals surface area contributed by atoms with E-state index in [1.807, 2.05) is 6.07 Å². The van der Waals surface area contributed by atoms with Crippen LogP contribution in [0.4, 0.5) is 0 Å². The second-order valence-electron chi connectivity index (χ2n) is 2.90. The molecular formula is C11H13NO3S. The first-order valence-corrected chi connectivity index (χ1v) is 5.00. The molecule has 1 aromatic carbocycles. The number of benzene rings is 1. The summed E-state index contributed by atoms with van der Waals surface area (Å²) >= 11 is 4.53. The minimum atomic E-state index is 0.410. The molecule has 86 valence electrons. The lowest BCUT2D eigenvalue weighted by atomic mass is 10.1. The summed E-state index contributed by atoms with van der Waals surface area (Å²) in [7, 11) is 4.71. The molecule has 0 unspecified atom stereocenters. The van der Waals surface area contributed by atoms with E-state index >= 15 is 0 Å². The third kappa shape index (κ3) is 2.51. The van der Waals surface area contributed by atoms with Crippen LogP contribution in [0.2, 0.25) is 0 Å². The zero-order valence-electron chi connectivity index (χ0n) is 9.44. The summed E-state index contributed by atoms with van der Waals surface area (Å²) in [5.41, 5.74) is 0.873. The lowest BCUT2D eigenvalue weighted by molar-refractivity contribution is 0.322. The minimum absolute atomic E-state index is 0.410. The zero-order valence-corrected chi connectivity index (χ0v) is 10.3. The molecule has 0 bridgehead atoms. The van der Waals surface area contributed by atoms with Crippen LogP contribution in [0.25, 0.3) is 0 Å². The van der Waals surface area contributed by atoms with E-state index in [0.29, 0.717) is 23.8 Å². The highest BCUT2D eigenvalue weighted by atomic mass is 32.1. The molecule has 0 saturated carbocycles. The van der Waals surface area contributed by atoms with Gasteiger partial charge in [0.05, 0.1) is 33.0 Å². The van der Waals surface area contributed by atoms with Gasteiger partial charge in [0.1, 0.15) is 0 Å². The lowest BCUT2D eigenvalue weighted by Crippen LogP contribution is -1.98. The number of ether oxygens (including phenoxy) is 3. The van der Waals surface area contributed by atoms with Crippen LogP contribution in [0.3, 0.4) is 0 Å². The second-order valence-corrected chi connectivity index (χ2v) is 3.08. The molecule has 16 heavy (non-hydrogen) atoms. The van der Waals surface area contributed by atoms with Gasteiger partial charge in [0.25, 0.3) is 0 Å². The van der Waals surface area contributed by atoms with Crippen molar-refractivity contribution >= 4 is 17.4 Å². The lowest BCUT2D eigenvalue weighted by Gasteiger charge is -2.14. The Kier molecular flexibility index (Phi) is 4.76. The van der Waals surface area contributed by atoms with E-state index in [9.17, 15) is 0 Å². The summed E-state index contributed by atoms with van der Waals surface area (Å²) in [5, 5.41) is 2.31. The number of hydrogen-bond donors (Lipinski definition) is 0. The van der Waals surface area contributed by atoms with Crippen LogP contribution in [0.5, 0.6) is 17.2 Å². The van der Waals surface area contributed by atoms with Gasteiger partial charge in [0.2, 0.25) is 5.75 Å². The summed E-state index contributed by atoms with van der Waals surface area (Å²) < 4.78 is 15.7. The monoisotopic (exact) mass is 239 g/mol. The van der Waals surface area contributed by atoms with Crippen molar-refractivity contribution in [3.63, 3.8) is 0 Å². The van der Waals surface area contributed by atoms with Crippen LogP contribution < -0.4 is 14.2 Å². The summed E-state index contributed by atoms with van der Waals surface area (Å²) in [4.78, 5) is 3.87. The number of methoxy groups -OCH3 is 3. The molecule has 0 aliphatic heterocycles. The number of nitrogens with zero attached hydrogens (tertiary/aromatic N) is 1. The molecule has 0 spiro atoms. The van der Waals surface area contributed by atoms with Crippen LogP contribution in [0.1, 0.15) is 5.56 Å². The molecule has 0 amide bonds. The molecule has 0 aliphatic rings. The van der Waals surface area contributed by atoms with Gasteiger partial charge in [-0.05, 0) is 24.4 Å². The van der Waals surface area contributed by atoms with Crippen LogP contribution in [0, 0.1) is 0 Å². The fourth-order valence-electron chi connectivity index (χ4n) is 1.41. The van der Waals surface area contributed by atoms with Gasteiger partial charge < -0.3 is 14.2 Å². The smallest absolute Gasteiger partial charge is 0.203 e. The molecule has 1 aromatic rings. The maximum atomic E-state index is 5.28. The number of rotatable bonds is 5. The highest BCUT2D eigenvalue weighted by Crippen LogP contribution is 2.39. The van der Waals surface area contributed by atoms with E-state index in [1.54, 1.807) is 27.4 Å². The van der Waals surface area contributed by atoms with Crippen molar-refractivity contribution in [2.45, 2.75) is 6.54 Å². The molecule has 0 aliphatic carbocycles. The first kappa shape index (κ1) is 12.5. The average molecular weight is 239 g/mol. The summed E-state index contributed by atoms with van der Waals surface area (Å²) in [6.45, 7) is 0.410. The Morgan fingerprint density at radius 1 is 1.12 bits per heavy atom. The Morgan fingerprint density at radius 2 is 1.81 bits per heavy atom. The Hall–Kier alpha value is -1.58. The summed E-state index contributed by atoms with van der Waals surface area (Å²) in [6, 6.07) is 3.66. The Balaban J connectivity index is 3.24. The fourth-order valence-corrected chi connectivity index (χ4v) is 1.47. The SMILES string of the molecule is COc1ccc(CN=C=S)c(OC)c1OC. The highest BCUT2D eigenvalue weighted by Gasteiger charge is 2.14. The molecule has 5 heteroatoms. The Morgan fingerprint density at radius 3 is 2.31 bits per heavy atom. The van der Waals surface area contributed by atoms with Crippen molar-refractivity contribution in [1.29, 1.82) is 0 Å². The molecular weight excluding hydrogens is 226 g/mol. The average Bonchev–Trinajstić information content (AvgIpc) is 2.34. The molecule has 0 radical (unpaired) electrons. The van der Waals surface area contributed by atoms with Gasteiger partial charge in [-0.25, -0.2) is 4.99 Å². The molecule has 4 nitrogen and oxygen atoms in total. The highest BCUT2D eigenvalue weighted by molar-refractivity contribution is 7.78. The van der Waals surface area contributed by atoms with Gasteiger partial charge in [0, 0.05) is 5.56 Å². The Bertz CT molecular complexity index is 414. The topological polar surface area (TPSA) is 40.0 Å². The van der Waals surface area contributed by atoms with Crippen LogP contribution in [0.15, 0.2) is 17.1 Å². The van der Waals surface area contributed by atoms with Crippen molar-refractivity contribution in [2.75, 3.05) is 21.3 Å². The normalized spacial score (nSPS) is 9.19. The quantitative estimate of drug-likeness (QED) is 0.584. The van der Waals surface area contributed by atoms with Crippen molar-refractivity contribution in [2.24, 2.45) is 4.99 Å². The maximum Gasteiger partial charge on any atom is 0.203 e. The van der Waals surface area contributed by atoms with Crippen molar-refractivity contribution in [1.82, 2.24) is 0 Å². The van der Waals surface area contributed by atoms with Gasteiger partial charge in [-0.3, -0.25) is 0 Å². The van der Waals surface area contributed by atoms with Crippen molar-refractivity contribution < 1.29 is 14.2 Å². The third-order valence-electron chi connectivity index (χ3n) is 2.10. The molecule has 0 heterocycles. The van der Waals surface area contributed by atoms with E-state index in [-0.39, 0.29) is 0 Å².